The molecule has 0 aliphatic carbocycles. The van der Waals surface area contributed by atoms with Gasteiger partial charge in [0, 0.05) is 10.7 Å². The maximum atomic E-state index is 12.1. The third kappa shape index (κ3) is 2.74. The van der Waals surface area contributed by atoms with Crippen LogP contribution in [0.15, 0.2) is 45.8 Å². The summed E-state index contributed by atoms with van der Waals surface area (Å²) in [5, 5.41) is 8.85. The fourth-order valence-corrected chi connectivity index (χ4v) is 3.44. The van der Waals surface area contributed by atoms with Gasteiger partial charge >= 0.3 is 10.8 Å². The van der Waals surface area contributed by atoms with E-state index in [2.05, 4.69) is 20.9 Å². The predicted molar refractivity (Wildman–Crippen MR) is 84.1 cm³/mol. The average Bonchev–Trinajstić information content (AvgIpc) is 2.75. The highest BCUT2D eigenvalue weighted by molar-refractivity contribution is 9.10. The third-order valence-electron chi connectivity index (χ3n) is 3.02. The lowest BCUT2D eigenvalue weighted by molar-refractivity contribution is 0.0696. The molecule has 106 valence electrons. The summed E-state index contributed by atoms with van der Waals surface area (Å²) in [6.07, 6.45) is 1.30. The lowest BCUT2D eigenvalue weighted by Crippen LogP contribution is -2.14. The summed E-state index contributed by atoms with van der Waals surface area (Å²) in [6.45, 7) is 0.320. The van der Waals surface area contributed by atoms with E-state index in [9.17, 15) is 9.59 Å². The number of hydrogen-bond acceptors (Lipinski definition) is 4. The van der Waals surface area contributed by atoms with E-state index in [4.69, 9.17) is 5.11 Å². The van der Waals surface area contributed by atoms with Crippen molar-refractivity contribution in [2.24, 2.45) is 0 Å². The first-order valence-corrected chi connectivity index (χ1v) is 7.62. The minimum absolute atomic E-state index is 0.0628. The lowest BCUT2D eigenvalue weighted by Gasteiger charge is -2.04. The number of carboxylic acids is 1. The van der Waals surface area contributed by atoms with Gasteiger partial charge in [0.15, 0.2) is 0 Å². The normalized spacial score (nSPS) is 10.9. The number of thiazole rings is 1. The van der Waals surface area contributed by atoms with Crippen molar-refractivity contribution >= 4 is 43.5 Å². The molecule has 0 amide bonds. The fraction of sp³-hybridized carbons (Fsp3) is 0.0714. The molecule has 0 radical (unpaired) electrons. The molecule has 2 aromatic heterocycles. The maximum absolute atomic E-state index is 12.1. The van der Waals surface area contributed by atoms with E-state index in [1.807, 2.05) is 18.2 Å². The molecular formula is C14H9BrN2O3S. The van der Waals surface area contributed by atoms with Crippen molar-refractivity contribution in [2.45, 2.75) is 6.54 Å². The monoisotopic (exact) mass is 364 g/mol. The molecule has 0 aliphatic rings. The summed E-state index contributed by atoms with van der Waals surface area (Å²) in [4.78, 5) is 26.9. The molecule has 1 N–H and O–H groups in total. The number of aromatic nitrogens is 2. The predicted octanol–water partition coefficient (Wildman–Crippen LogP) is 2.97. The SMILES string of the molecule is O=C(O)c1ccc(Cn2c(=O)sc3cc(Br)ccc32)nc1. The molecule has 3 aromatic rings. The Morgan fingerprint density at radius 3 is 2.81 bits per heavy atom. The Morgan fingerprint density at radius 2 is 2.14 bits per heavy atom. The molecule has 5 nitrogen and oxygen atoms in total. The molecule has 0 saturated carbocycles. The number of carbonyl (C=O) groups is 1. The second-order valence-corrected chi connectivity index (χ2v) is 6.32. The van der Waals surface area contributed by atoms with Gasteiger partial charge in [0.25, 0.3) is 0 Å². The van der Waals surface area contributed by atoms with E-state index < -0.39 is 5.97 Å². The van der Waals surface area contributed by atoms with Crippen LogP contribution < -0.4 is 4.87 Å². The molecule has 0 unspecified atom stereocenters. The minimum atomic E-state index is -1.02. The van der Waals surface area contributed by atoms with Crippen LogP contribution in [0.1, 0.15) is 16.1 Å². The molecule has 0 bridgehead atoms. The highest BCUT2D eigenvalue weighted by atomic mass is 79.9. The summed E-state index contributed by atoms with van der Waals surface area (Å²) >= 11 is 4.56. The maximum Gasteiger partial charge on any atom is 0.337 e. The van der Waals surface area contributed by atoms with E-state index in [1.54, 1.807) is 10.6 Å². The first-order chi connectivity index (χ1) is 10.0. The molecule has 0 fully saturated rings. The zero-order valence-corrected chi connectivity index (χ0v) is 13.0. The Balaban J connectivity index is 1.99. The van der Waals surface area contributed by atoms with E-state index >= 15 is 0 Å². The van der Waals surface area contributed by atoms with Crippen LogP contribution in [0, 0.1) is 0 Å². The molecule has 7 heteroatoms. The molecule has 0 saturated heterocycles. The molecule has 1 aromatic carbocycles. The number of nitrogens with zero attached hydrogens (tertiary/aromatic N) is 2. The Labute approximate surface area is 131 Å². The van der Waals surface area contributed by atoms with E-state index in [0.717, 1.165) is 14.7 Å². The van der Waals surface area contributed by atoms with E-state index in [-0.39, 0.29) is 10.4 Å². The van der Waals surface area contributed by atoms with E-state index in [1.165, 1.54) is 23.6 Å². The molecule has 0 atom stereocenters. The van der Waals surface area contributed by atoms with Crippen molar-refractivity contribution in [3.8, 4) is 0 Å². The quantitative estimate of drug-likeness (QED) is 0.775. The largest absolute Gasteiger partial charge is 0.478 e. The van der Waals surface area contributed by atoms with Crippen LogP contribution in [-0.4, -0.2) is 20.6 Å². The van der Waals surface area contributed by atoms with Crippen LogP contribution in [0.3, 0.4) is 0 Å². The van der Waals surface area contributed by atoms with Gasteiger partial charge in [-0.15, -0.1) is 0 Å². The fourth-order valence-electron chi connectivity index (χ4n) is 2.00. The van der Waals surface area contributed by atoms with Crippen molar-refractivity contribution in [3.63, 3.8) is 0 Å². The van der Waals surface area contributed by atoms with Gasteiger partial charge in [0.1, 0.15) is 0 Å². The number of aromatic carboxylic acids is 1. The summed E-state index contributed by atoms with van der Waals surface area (Å²) in [6, 6.07) is 8.77. The van der Waals surface area contributed by atoms with Gasteiger partial charge in [0.2, 0.25) is 0 Å². The minimum Gasteiger partial charge on any atom is -0.478 e. The van der Waals surface area contributed by atoms with Gasteiger partial charge in [0.05, 0.1) is 28.0 Å². The number of rotatable bonds is 3. The van der Waals surface area contributed by atoms with Crippen molar-refractivity contribution in [1.29, 1.82) is 0 Å². The summed E-state index contributed by atoms with van der Waals surface area (Å²) < 4.78 is 3.46. The molecule has 0 aliphatic heterocycles. The zero-order valence-electron chi connectivity index (χ0n) is 10.6. The van der Waals surface area contributed by atoms with Crippen LogP contribution in [-0.2, 0) is 6.54 Å². The number of pyridine rings is 1. The Kier molecular flexibility index (Phi) is 3.60. The Hall–Kier alpha value is -1.99. The van der Waals surface area contributed by atoms with Crippen molar-refractivity contribution in [2.75, 3.05) is 0 Å². The number of carboxylic acid groups (broad SMARTS) is 1. The van der Waals surface area contributed by atoms with Crippen molar-refractivity contribution in [3.05, 3.63) is 61.9 Å². The second kappa shape index (κ2) is 5.42. The molecule has 21 heavy (non-hydrogen) atoms. The summed E-state index contributed by atoms with van der Waals surface area (Å²) in [5.41, 5.74) is 1.62. The topological polar surface area (TPSA) is 72.2 Å². The molecule has 3 rings (SSSR count). The van der Waals surface area contributed by atoms with Crippen LogP contribution in [0.2, 0.25) is 0 Å². The van der Waals surface area contributed by atoms with Crippen LogP contribution >= 0.6 is 27.3 Å². The highest BCUT2D eigenvalue weighted by Crippen LogP contribution is 2.22. The smallest absolute Gasteiger partial charge is 0.337 e. The Bertz CT molecular complexity index is 883. The van der Waals surface area contributed by atoms with Gasteiger partial charge in [-0.25, -0.2) is 4.79 Å². The number of fused-ring (bicyclic) bond motifs is 1. The molecule has 0 spiro atoms. The summed E-state index contributed by atoms with van der Waals surface area (Å²) in [5.74, 6) is -1.02. The van der Waals surface area contributed by atoms with Crippen molar-refractivity contribution < 1.29 is 9.90 Å². The van der Waals surface area contributed by atoms with Crippen LogP contribution in [0.25, 0.3) is 10.2 Å². The molecular weight excluding hydrogens is 356 g/mol. The lowest BCUT2D eigenvalue weighted by atomic mass is 10.2. The first-order valence-electron chi connectivity index (χ1n) is 6.02. The number of hydrogen-bond donors (Lipinski definition) is 1. The summed E-state index contributed by atoms with van der Waals surface area (Å²) in [7, 11) is 0. The highest BCUT2D eigenvalue weighted by Gasteiger charge is 2.10. The van der Waals surface area contributed by atoms with Gasteiger partial charge < -0.3 is 5.11 Å². The van der Waals surface area contributed by atoms with E-state index in [0.29, 0.717) is 12.2 Å². The zero-order chi connectivity index (χ0) is 15.0. The Morgan fingerprint density at radius 1 is 1.33 bits per heavy atom. The third-order valence-corrected chi connectivity index (χ3v) is 4.46. The standard InChI is InChI=1S/C14H9BrN2O3S/c15-9-2-4-11-12(5-9)21-14(20)17(11)7-10-3-1-8(6-16-10)13(18)19/h1-6H,7H2,(H,18,19). The van der Waals surface area contributed by atoms with Gasteiger partial charge in [-0.1, -0.05) is 27.3 Å². The average molecular weight is 365 g/mol. The second-order valence-electron chi connectivity index (χ2n) is 4.41. The van der Waals surface area contributed by atoms with Gasteiger partial charge in [-0.2, -0.15) is 0 Å². The van der Waals surface area contributed by atoms with Crippen LogP contribution in [0.4, 0.5) is 0 Å². The first kappa shape index (κ1) is 14.0. The van der Waals surface area contributed by atoms with Crippen molar-refractivity contribution in [1.82, 2.24) is 9.55 Å². The number of halogens is 1. The number of benzene rings is 1. The van der Waals surface area contributed by atoms with Gasteiger partial charge in [-0.3, -0.25) is 14.3 Å². The van der Waals surface area contributed by atoms with Crippen LogP contribution in [0.5, 0.6) is 0 Å². The van der Waals surface area contributed by atoms with Gasteiger partial charge in [-0.05, 0) is 30.3 Å². The molecule has 2 heterocycles.